The molecule has 1 N–H and O–H groups in total. The number of methoxy groups -OCH3 is 1. The Morgan fingerprint density at radius 3 is 2.63 bits per heavy atom. The Kier molecular flexibility index (Phi) is 5.98. The molecule has 0 saturated carbocycles. The van der Waals surface area contributed by atoms with Gasteiger partial charge in [-0.1, -0.05) is 30.3 Å². The second kappa shape index (κ2) is 8.79. The third-order valence-corrected chi connectivity index (χ3v) is 4.03. The van der Waals surface area contributed by atoms with Crippen LogP contribution in [-0.4, -0.2) is 33.2 Å². The van der Waals surface area contributed by atoms with Gasteiger partial charge in [0.2, 0.25) is 5.91 Å². The topological polar surface area (TPSA) is 91.2 Å². The highest BCUT2D eigenvalue weighted by Crippen LogP contribution is 2.17. The molecule has 0 bridgehead atoms. The van der Waals surface area contributed by atoms with E-state index in [-0.39, 0.29) is 12.5 Å². The highest BCUT2D eigenvalue weighted by molar-refractivity contribution is 5.78. The fraction of sp³-hybridized carbons (Fsp3) is 0.263. The van der Waals surface area contributed by atoms with E-state index in [2.05, 4.69) is 20.8 Å². The van der Waals surface area contributed by atoms with Crippen LogP contribution < -0.4 is 14.8 Å². The molecule has 0 spiro atoms. The first-order valence-electron chi connectivity index (χ1n) is 8.47. The molecule has 0 unspecified atom stereocenters. The van der Waals surface area contributed by atoms with Crippen LogP contribution in [0, 0.1) is 0 Å². The minimum absolute atomic E-state index is 0.0558. The molecule has 3 aromatic rings. The van der Waals surface area contributed by atoms with Gasteiger partial charge in [-0.2, -0.15) is 0 Å². The molecule has 1 amide bonds. The largest absolute Gasteiger partial charge is 0.496 e. The second-order valence-electron chi connectivity index (χ2n) is 5.92. The third-order valence-electron chi connectivity index (χ3n) is 4.03. The van der Waals surface area contributed by atoms with Gasteiger partial charge in [-0.15, -0.1) is 5.10 Å². The lowest BCUT2D eigenvalue weighted by molar-refractivity contribution is -0.120. The van der Waals surface area contributed by atoms with Crippen molar-refractivity contribution in [1.82, 2.24) is 25.5 Å². The predicted octanol–water partition coefficient (Wildman–Crippen LogP) is 1.66. The zero-order valence-electron chi connectivity index (χ0n) is 15.3. The molecule has 0 saturated heterocycles. The molecule has 3 rings (SSSR count). The first kappa shape index (κ1) is 18.4. The molecular formula is C19H21N5O3. The number of para-hydroxylation sites is 1. The number of amides is 1. The van der Waals surface area contributed by atoms with Crippen molar-refractivity contribution in [2.75, 3.05) is 7.11 Å². The molecule has 0 aliphatic heterocycles. The molecule has 2 aromatic carbocycles. The van der Waals surface area contributed by atoms with Crippen LogP contribution in [-0.2, 0) is 31.4 Å². The first-order chi connectivity index (χ1) is 13.2. The third kappa shape index (κ3) is 5.04. The maximum Gasteiger partial charge on any atom is 0.224 e. The number of rotatable bonds is 8. The van der Waals surface area contributed by atoms with Gasteiger partial charge in [0.1, 0.15) is 18.1 Å². The summed E-state index contributed by atoms with van der Waals surface area (Å²) in [6.07, 6.45) is 0.294. The average Bonchev–Trinajstić information content (AvgIpc) is 3.11. The number of hydrogen-bond donors (Lipinski definition) is 1. The van der Waals surface area contributed by atoms with E-state index in [1.807, 2.05) is 48.5 Å². The van der Waals surface area contributed by atoms with E-state index in [0.717, 1.165) is 16.9 Å². The molecule has 27 heavy (non-hydrogen) atoms. The van der Waals surface area contributed by atoms with E-state index in [0.29, 0.717) is 24.5 Å². The maximum atomic E-state index is 12.2. The lowest BCUT2D eigenvalue weighted by Gasteiger charge is -2.10. The summed E-state index contributed by atoms with van der Waals surface area (Å²) in [5.74, 6) is 2.03. The summed E-state index contributed by atoms with van der Waals surface area (Å²) in [4.78, 5) is 12.2. The summed E-state index contributed by atoms with van der Waals surface area (Å²) in [7, 11) is 3.37. The number of ether oxygens (including phenoxy) is 2. The molecule has 8 nitrogen and oxygen atoms in total. The van der Waals surface area contributed by atoms with Gasteiger partial charge in [-0.3, -0.25) is 4.79 Å². The summed E-state index contributed by atoms with van der Waals surface area (Å²) in [5.41, 5.74) is 1.84. The summed E-state index contributed by atoms with van der Waals surface area (Å²) in [6, 6.07) is 15.0. The minimum Gasteiger partial charge on any atom is -0.496 e. The number of aryl methyl sites for hydroxylation is 1. The van der Waals surface area contributed by atoms with Crippen molar-refractivity contribution in [3.63, 3.8) is 0 Å². The number of nitrogens with zero attached hydrogens (tertiary/aromatic N) is 4. The Morgan fingerprint density at radius 1 is 1.15 bits per heavy atom. The van der Waals surface area contributed by atoms with Crippen LogP contribution in [0.25, 0.3) is 0 Å². The molecule has 140 valence electrons. The van der Waals surface area contributed by atoms with Crippen molar-refractivity contribution in [1.29, 1.82) is 0 Å². The highest BCUT2D eigenvalue weighted by atomic mass is 16.5. The zero-order valence-corrected chi connectivity index (χ0v) is 15.3. The molecular weight excluding hydrogens is 346 g/mol. The average molecular weight is 367 g/mol. The number of hydrogen-bond acceptors (Lipinski definition) is 6. The molecule has 0 aliphatic rings. The molecule has 0 fully saturated rings. The van der Waals surface area contributed by atoms with Crippen molar-refractivity contribution >= 4 is 5.91 Å². The van der Waals surface area contributed by atoms with E-state index >= 15 is 0 Å². The fourth-order valence-corrected chi connectivity index (χ4v) is 2.51. The number of tetrazole rings is 1. The van der Waals surface area contributed by atoms with E-state index in [1.54, 1.807) is 18.8 Å². The smallest absolute Gasteiger partial charge is 0.224 e. The number of carbonyl (C=O) groups is 1. The second-order valence-corrected chi connectivity index (χ2v) is 5.92. The van der Waals surface area contributed by atoms with E-state index < -0.39 is 0 Å². The Hall–Kier alpha value is -3.42. The minimum atomic E-state index is -0.0558. The number of nitrogens with one attached hydrogen (secondary N) is 1. The molecule has 0 radical (unpaired) electrons. The van der Waals surface area contributed by atoms with Crippen molar-refractivity contribution in [2.45, 2.75) is 19.6 Å². The molecule has 8 heteroatoms. The first-order valence-corrected chi connectivity index (χ1v) is 8.47. The van der Waals surface area contributed by atoms with Gasteiger partial charge >= 0.3 is 0 Å². The Balaban J connectivity index is 1.49. The van der Waals surface area contributed by atoms with Crippen LogP contribution in [0.15, 0.2) is 48.5 Å². The van der Waals surface area contributed by atoms with Crippen LogP contribution in [0.5, 0.6) is 11.5 Å². The number of aromatic nitrogens is 4. The van der Waals surface area contributed by atoms with Gasteiger partial charge in [0.05, 0.1) is 13.5 Å². The number of carbonyl (C=O) groups excluding carboxylic acids is 1. The van der Waals surface area contributed by atoms with Crippen LogP contribution in [0.3, 0.4) is 0 Å². The quantitative estimate of drug-likeness (QED) is 0.651. The number of benzene rings is 2. The van der Waals surface area contributed by atoms with Gasteiger partial charge in [0.15, 0.2) is 5.82 Å². The zero-order chi connectivity index (χ0) is 19.1. The molecule has 0 atom stereocenters. The lowest BCUT2D eigenvalue weighted by Crippen LogP contribution is -2.24. The summed E-state index contributed by atoms with van der Waals surface area (Å²) in [6.45, 7) is 0.706. The van der Waals surface area contributed by atoms with E-state index in [4.69, 9.17) is 9.47 Å². The predicted molar refractivity (Wildman–Crippen MR) is 98.1 cm³/mol. The fourth-order valence-electron chi connectivity index (χ4n) is 2.51. The Bertz CT molecular complexity index is 892. The highest BCUT2D eigenvalue weighted by Gasteiger charge is 2.07. The van der Waals surface area contributed by atoms with Gasteiger partial charge in [-0.25, -0.2) is 4.68 Å². The SMILES string of the molecule is COc1ccccc1CNC(=O)Cc1ccc(OCc2nnnn2C)cc1. The van der Waals surface area contributed by atoms with Crippen molar-refractivity contribution in [3.8, 4) is 11.5 Å². The summed E-state index contributed by atoms with van der Waals surface area (Å²) in [5, 5.41) is 14.1. The van der Waals surface area contributed by atoms with Crippen molar-refractivity contribution in [3.05, 3.63) is 65.5 Å². The van der Waals surface area contributed by atoms with Crippen LogP contribution >= 0.6 is 0 Å². The van der Waals surface area contributed by atoms with E-state index in [9.17, 15) is 4.79 Å². The normalized spacial score (nSPS) is 10.4. The monoisotopic (exact) mass is 367 g/mol. The Morgan fingerprint density at radius 2 is 1.93 bits per heavy atom. The van der Waals surface area contributed by atoms with Crippen molar-refractivity contribution < 1.29 is 14.3 Å². The molecule has 1 heterocycles. The maximum absolute atomic E-state index is 12.2. The van der Waals surface area contributed by atoms with Gasteiger partial charge in [0.25, 0.3) is 0 Å². The van der Waals surface area contributed by atoms with Crippen molar-refractivity contribution in [2.24, 2.45) is 7.05 Å². The van der Waals surface area contributed by atoms with Gasteiger partial charge in [-0.05, 0) is 34.2 Å². The van der Waals surface area contributed by atoms with Gasteiger partial charge < -0.3 is 14.8 Å². The van der Waals surface area contributed by atoms with Gasteiger partial charge in [0, 0.05) is 19.2 Å². The molecule has 0 aliphatic carbocycles. The van der Waals surface area contributed by atoms with Crippen LogP contribution in [0.2, 0.25) is 0 Å². The lowest BCUT2D eigenvalue weighted by atomic mass is 10.1. The summed E-state index contributed by atoms with van der Waals surface area (Å²) >= 11 is 0. The molecule has 1 aromatic heterocycles. The van der Waals surface area contributed by atoms with E-state index in [1.165, 1.54) is 0 Å². The van der Waals surface area contributed by atoms with Crippen LogP contribution in [0.4, 0.5) is 0 Å². The van der Waals surface area contributed by atoms with Crippen LogP contribution in [0.1, 0.15) is 17.0 Å². The summed E-state index contributed by atoms with van der Waals surface area (Å²) < 4.78 is 12.5. The standard InChI is InChI=1S/C19H21N5O3/c1-24-18(21-22-23-24)13-27-16-9-7-14(8-10-16)11-19(25)20-12-15-5-3-4-6-17(15)26-2/h3-10H,11-13H2,1-2H3,(H,20,25). The Labute approximate surface area is 157 Å².